The predicted octanol–water partition coefficient (Wildman–Crippen LogP) is 3.02. The van der Waals surface area contributed by atoms with Gasteiger partial charge in [0.05, 0.1) is 12.8 Å². The van der Waals surface area contributed by atoms with Gasteiger partial charge in [0.2, 0.25) is 6.61 Å². The van der Waals surface area contributed by atoms with Gasteiger partial charge in [-0.25, -0.2) is 4.79 Å². The lowest BCUT2D eigenvalue weighted by Crippen LogP contribution is -2.25. The number of oxime groups is 1. The molecule has 1 rings (SSSR count). The van der Waals surface area contributed by atoms with Crippen molar-refractivity contribution in [2.75, 3.05) is 13.7 Å². The minimum atomic E-state index is -0.439. The highest BCUT2D eigenvalue weighted by atomic mass is 16.6. The van der Waals surface area contributed by atoms with Crippen LogP contribution in [0.25, 0.3) is 0 Å². The Balaban J connectivity index is 2.94. The number of esters is 1. The molecule has 0 bridgehead atoms. The summed E-state index contributed by atoms with van der Waals surface area (Å²) in [5.41, 5.74) is 1.70. The fraction of sp³-hybridized carbons (Fsp3) is 0.467. The number of ether oxygens (including phenoxy) is 1. The van der Waals surface area contributed by atoms with Crippen molar-refractivity contribution < 1.29 is 14.4 Å². The van der Waals surface area contributed by atoms with E-state index in [1.54, 1.807) is 0 Å². The van der Waals surface area contributed by atoms with Crippen molar-refractivity contribution in [2.24, 2.45) is 10.6 Å². The number of benzene rings is 1. The van der Waals surface area contributed by atoms with Gasteiger partial charge in [-0.1, -0.05) is 56.3 Å². The van der Waals surface area contributed by atoms with E-state index in [1.807, 2.05) is 30.3 Å². The van der Waals surface area contributed by atoms with Crippen molar-refractivity contribution in [2.45, 2.75) is 27.2 Å². The highest BCUT2D eigenvalue weighted by molar-refractivity contribution is 6.04. The fourth-order valence-electron chi connectivity index (χ4n) is 1.54. The highest BCUT2D eigenvalue weighted by Crippen LogP contribution is 2.26. The molecule has 0 heterocycles. The van der Waals surface area contributed by atoms with Crippen molar-refractivity contribution in [1.29, 1.82) is 0 Å². The van der Waals surface area contributed by atoms with Crippen molar-refractivity contribution in [3.8, 4) is 0 Å². The standard InChI is InChI=1S/C15H21NO3/c1-5-15(2,3)14(12-9-7-6-8-10-12)16-19-11-13(17)18-4/h6-10H,5,11H2,1-4H3/b16-14+. The summed E-state index contributed by atoms with van der Waals surface area (Å²) in [5.74, 6) is -0.439. The van der Waals surface area contributed by atoms with Crippen LogP contribution < -0.4 is 0 Å². The molecule has 0 saturated heterocycles. The van der Waals surface area contributed by atoms with E-state index in [0.29, 0.717) is 0 Å². The normalized spacial score (nSPS) is 12.1. The maximum atomic E-state index is 11.0. The van der Waals surface area contributed by atoms with Crippen LogP contribution in [-0.4, -0.2) is 25.4 Å². The van der Waals surface area contributed by atoms with E-state index in [2.05, 4.69) is 30.7 Å². The van der Waals surface area contributed by atoms with Gasteiger partial charge in [0.25, 0.3) is 0 Å². The third-order valence-electron chi connectivity index (χ3n) is 3.14. The molecule has 4 heteroatoms. The van der Waals surface area contributed by atoms with E-state index in [9.17, 15) is 4.79 Å². The maximum Gasteiger partial charge on any atom is 0.346 e. The third kappa shape index (κ3) is 4.39. The highest BCUT2D eigenvalue weighted by Gasteiger charge is 2.25. The molecule has 1 aromatic rings. The first kappa shape index (κ1) is 15.2. The average molecular weight is 263 g/mol. The SMILES string of the molecule is CCC(C)(C)/C(=N/OCC(=O)OC)c1ccccc1. The van der Waals surface area contributed by atoms with Gasteiger partial charge >= 0.3 is 5.97 Å². The Labute approximate surface area is 114 Å². The molecule has 0 saturated carbocycles. The van der Waals surface area contributed by atoms with Crippen LogP contribution in [0.2, 0.25) is 0 Å². The first-order valence-electron chi connectivity index (χ1n) is 6.34. The molecule has 0 aromatic heterocycles. The van der Waals surface area contributed by atoms with Crippen LogP contribution >= 0.6 is 0 Å². The summed E-state index contributed by atoms with van der Waals surface area (Å²) in [5, 5.41) is 4.14. The van der Waals surface area contributed by atoms with E-state index < -0.39 is 5.97 Å². The Morgan fingerprint density at radius 1 is 1.26 bits per heavy atom. The lowest BCUT2D eigenvalue weighted by Gasteiger charge is -2.24. The lowest BCUT2D eigenvalue weighted by atomic mass is 9.81. The molecule has 0 unspecified atom stereocenters. The molecule has 1 aromatic carbocycles. The lowest BCUT2D eigenvalue weighted by molar-refractivity contribution is -0.145. The van der Waals surface area contributed by atoms with Crippen LogP contribution in [0.4, 0.5) is 0 Å². The van der Waals surface area contributed by atoms with Gasteiger partial charge in [-0.2, -0.15) is 0 Å². The number of carbonyl (C=O) groups is 1. The van der Waals surface area contributed by atoms with Crippen molar-refractivity contribution in [3.63, 3.8) is 0 Å². The predicted molar refractivity (Wildman–Crippen MR) is 75.0 cm³/mol. The topological polar surface area (TPSA) is 47.9 Å². The molecule has 0 N–H and O–H groups in total. The summed E-state index contributed by atoms with van der Waals surface area (Å²) in [6.45, 7) is 6.12. The Hall–Kier alpha value is -1.84. The van der Waals surface area contributed by atoms with Crippen LogP contribution in [0.3, 0.4) is 0 Å². The molecular weight excluding hydrogens is 242 g/mol. The van der Waals surface area contributed by atoms with Gasteiger partial charge in [-0.3, -0.25) is 0 Å². The number of rotatable bonds is 6. The summed E-state index contributed by atoms with van der Waals surface area (Å²) in [6.07, 6.45) is 0.919. The van der Waals surface area contributed by atoms with Crippen LogP contribution in [0.5, 0.6) is 0 Å². The summed E-state index contributed by atoms with van der Waals surface area (Å²) in [6, 6.07) is 9.83. The molecule has 0 radical (unpaired) electrons. The van der Waals surface area contributed by atoms with Crippen molar-refractivity contribution in [1.82, 2.24) is 0 Å². The van der Waals surface area contributed by atoms with Crippen molar-refractivity contribution in [3.05, 3.63) is 35.9 Å². The zero-order chi connectivity index (χ0) is 14.3. The maximum absolute atomic E-state index is 11.0. The van der Waals surface area contributed by atoms with E-state index in [0.717, 1.165) is 17.7 Å². The second-order valence-corrected chi connectivity index (χ2v) is 4.89. The summed E-state index contributed by atoms with van der Waals surface area (Å²) in [4.78, 5) is 16.1. The van der Waals surface area contributed by atoms with E-state index in [-0.39, 0.29) is 12.0 Å². The summed E-state index contributed by atoms with van der Waals surface area (Å²) < 4.78 is 4.52. The second kappa shape index (κ2) is 6.92. The smallest absolute Gasteiger partial charge is 0.346 e. The number of nitrogens with zero attached hydrogens (tertiary/aromatic N) is 1. The minimum absolute atomic E-state index is 0.128. The van der Waals surface area contributed by atoms with Crippen molar-refractivity contribution >= 4 is 11.7 Å². The Kier molecular flexibility index (Phi) is 5.55. The number of hydrogen-bond donors (Lipinski definition) is 0. The zero-order valence-electron chi connectivity index (χ0n) is 12.0. The molecule has 0 aliphatic heterocycles. The fourth-order valence-corrected chi connectivity index (χ4v) is 1.54. The molecular formula is C15H21NO3. The minimum Gasteiger partial charge on any atom is -0.466 e. The Bertz CT molecular complexity index is 438. The van der Waals surface area contributed by atoms with Gasteiger partial charge in [-0.05, 0) is 12.0 Å². The molecule has 0 aliphatic carbocycles. The molecule has 0 fully saturated rings. The average Bonchev–Trinajstić information content (AvgIpc) is 2.44. The van der Waals surface area contributed by atoms with Gasteiger partial charge in [0, 0.05) is 5.41 Å². The first-order chi connectivity index (χ1) is 9.01. The largest absolute Gasteiger partial charge is 0.466 e. The molecule has 19 heavy (non-hydrogen) atoms. The van der Waals surface area contributed by atoms with Gasteiger partial charge in [0.15, 0.2) is 0 Å². The van der Waals surface area contributed by atoms with Gasteiger partial charge < -0.3 is 9.57 Å². The number of carbonyl (C=O) groups excluding carboxylic acids is 1. The molecule has 0 amide bonds. The molecule has 4 nitrogen and oxygen atoms in total. The molecule has 0 spiro atoms. The summed E-state index contributed by atoms with van der Waals surface area (Å²) in [7, 11) is 1.32. The quantitative estimate of drug-likeness (QED) is 0.450. The first-order valence-corrected chi connectivity index (χ1v) is 6.34. The molecule has 104 valence electrons. The van der Waals surface area contributed by atoms with Crippen LogP contribution in [0.15, 0.2) is 35.5 Å². The molecule has 0 atom stereocenters. The van der Waals surface area contributed by atoms with Gasteiger partial charge in [-0.15, -0.1) is 0 Å². The monoisotopic (exact) mass is 263 g/mol. The van der Waals surface area contributed by atoms with E-state index in [1.165, 1.54) is 7.11 Å². The number of methoxy groups -OCH3 is 1. The van der Waals surface area contributed by atoms with Crippen LogP contribution in [-0.2, 0) is 14.4 Å². The van der Waals surface area contributed by atoms with Crippen LogP contribution in [0, 0.1) is 5.41 Å². The Morgan fingerprint density at radius 2 is 1.89 bits per heavy atom. The molecule has 0 aliphatic rings. The zero-order valence-corrected chi connectivity index (χ0v) is 12.0. The second-order valence-electron chi connectivity index (χ2n) is 4.89. The third-order valence-corrected chi connectivity index (χ3v) is 3.14. The Morgan fingerprint density at radius 3 is 2.42 bits per heavy atom. The van der Waals surface area contributed by atoms with E-state index in [4.69, 9.17) is 4.84 Å². The van der Waals surface area contributed by atoms with E-state index >= 15 is 0 Å². The number of hydrogen-bond acceptors (Lipinski definition) is 4. The van der Waals surface area contributed by atoms with Gasteiger partial charge in [0.1, 0.15) is 0 Å². The summed E-state index contributed by atoms with van der Waals surface area (Å²) >= 11 is 0. The van der Waals surface area contributed by atoms with Crippen LogP contribution in [0.1, 0.15) is 32.8 Å².